The Balaban J connectivity index is 1.84. The highest BCUT2D eigenvalue weighted by Gasteiger charge is 2.29. The van der Waals surface area contributed by atoms with Crippen LogP contribution in [0.15, 0.2) is 54.6 Å². The van der Waals surface area contributed by atoms with E-state index in [4.69, 9.17) is 9.47 Å². The molecule has 0 radical (unpaired) electrons. The number of morpholine rings is 1. The topological polar surface area (TPSA) is 21.7 Å². The van der Waals surface area contributed by atoms with Crippen LogP contribution in [-0.4, -0.2) is 37.7 Å². The average Bonchev–Trinajstić information content (AvgIpc) is 2.55. The van der Waals surface area contributed by atoms with Crippen LogP contribution in [0.4, 0.5) is 0 Å². The molecule has 1 aliphatic heterocycles. The van der Waals surface area contributed by atoms with Crippen molar-refractivity contribution in [1.29, 1.82) is 0 Å². The predicted octanol–water partition coefficient (Wildman–Crippen LogP) is 3.74. The number of likely N-dealkylation sites (N-methyl/N-ethyl adjacent to an activating group) is 1. The van der Waals surface area contributed by atoms with Gasteiger partial charge in [0, 0.05) is 16.7 Å². The third-order valence-corrected chi connectivity index (χ3v) is 4.56. The normalized spacial score (nSPS) is 20.5. The zero-order valence-corrected chi connectivity index (χ0v) is 14.8. The maximum Gasteiger partial charge on any atom is 0.151 e. The molecular weight excluding hydrogens is 389 g/mol. The molecule has 0 spiro atoms. The second kappa shape index (κ2) is 7.44. The molecule has 1 unspecified atom stereocenters. The van der Waals surface area contributed by atoms with E-state index in [-0.39, 0.29) is 12.2 Å². The Labute approximate surface area is 145 Å². The zero-order chi connectivity index (χ0) is 15.4. The van der Waals surface area contributed by atoms with Crippen molar-refractivity contribution < 1.29 is 9.47 Å². The van der Waals surface area contributed by atoms with Crippen molar-refractivity contribution in [3.8, 4) is 5.75 Å². The van der Waals surface area contributed by atoms with Gasteiger partial charge >= 0.3 is 0 Å². The van der Waals surface area contributed by atoms with Crippen molar-refractivity contribution in [3.05, 3.63) is 63.7 Å². The molecule has 4 heteroatoms. The van der Waals surface area contributed by atoms with Crippen LogP contribution in [0.5, 0.6) is 5.75 Å². The van der Waals surface area contributed by atoms with Crippen LogP contribution in [-0.2, 0) is 4.74 Å². The minimum atomic E-state index is -0.0935. The molecule has 1 fully saturated rings. The highest BCUT2D eigenvalue weighted by Crippen LogP contribution is 2.28. The first-order chi connectivity index (χ1) is 10.7. The van der Waals surface area contributed by atoms with E-state index in [9.17, 15) is 0 Å². The van der Waals surface area contributed by atoms with Crippen molar-refractivity contribution in [1.82, 2.24) is 4.90 Å². The van der Waals surface area contributed by atoms with Crippen molar-refractivity contribution in [2.24, 2.45) is 0 Å². The van der Waals surface area contributed by atoms with Crippen LogP contribution in [0, 0.1) is 3.57 Å². The Bertz CT molecular complexity index is 588. The molecule has 0 aliphatic carbocycles. The van der Waals surface area contributed by atoms with Gasteiger partial charge in [-0.15, -0.1) is 0 Å². The van der Waals surface area contributed by atoms with Crippen molar-refractivity contribution >= 4 is 22.6 Å². The first kappa shape index (κ1) is 15.8. The monoisotopic (exact) mass is 409 g/mol. The van der Waals surface area contributed by atoms with Gasteiger partial charge in [-0.2, -0.15) is 0 Å². The first-order valence-corrected chi connectivity index (χ1v) is 8.57. The van der Waals surface area contributed by atoms with Gasteiger partial charge in [0.25, 0.3) is 0 Å². The van der Waals surface area contributed by atoms with Gasteiger partial charge in [-0.3, -0.25) is 0 Å². The maximum absolute atomic E-state index is 6.29. The third-order valence-electron chi connectivity index (χ3n) is 3.84. The molecule has 0 bridgehead atoms. The molecule has 116 valence electrons. The van der Waals surface area contributed by atoms with Crippen LogP contribution in [0.1, 0.15) is 11.7 Å². The summed E-state index contributed by atoms with van der Waals surface area (Å²) in [6.07, 6.45) is -0.0514. The van der Waals surface area contributed by atoms with E-state index in [1.54, 1.807) is 0 Å². The molecular formula is C18H20INO2. The van der Waals surface area contributed by atoms with E-state index in [2.05, 4.69) is 58.8 Å². The summed E-state index contributed by atoms with van der Waals surface area (Å²) >= 11 is 2.30. The molecule has 1 heterocycles. The van der Waals surface area contributed by atoms with E-state index < -0.39 is 0 Å². The molecule has 3 rings (SSSR count). The molecule has 0 amide bonds. The Morgan fingerprint density at radius 2 is 1.86 bits per heavy atom. The van der Waals surface area contributed by atoms with Crippen LogP contribution in [0.2, 0.25) is 0 Å². The summed E-state index contributed by atoms with van der Waals surface area (Å²) in [5.41, 5.74) is 1.15. The quantitative estimate of drug-likeness (QED) is 0.719. The number of benzene rings is 2. The molecule has 2 aromatic rings. The zero-order valence-electron chi connectivity index (χ0n) is 12.6. The molecule has 0 N–H and O–H groups in total. The van der Waals surface area contributed by atoms with E-state index in [0.29, 0.717) is 0 Å². The van der Waals surface area contributed by atoms with Gasteiger partial charge in [-0.05, 0) is 59.5 Å². The number of rotatable bonds is 4. The number of hydrogen-bond acceptors (Lipinski definition) is 3. The molecule has 3 nitrogen and oxygen atoms in total. The van der Waals surface area contributed by atoms with Gasteiger partial charge in [0.2, 0.25) is 0 Å². The second-order valence-corrected chi connectivity index (χ2v) is 6.82. The predicted molar refractivity (Wildman–Crippen MR) is 96.2 cm³/mol. The lowest BCUT2D eigenvalue weighted by atomic mass is 10.0. The van der Waals surface area contributed by atoms with Gasteiger partial charge in [-0.1, -0.05) is 30.3 Å². The number of nitrogens with zero attached hydrogens (tertiary/aromatic N) is 1. The van der Waals surface area contributed by atoms with Gasteiger partial charge in [-0.25, -0.2) is 0 Å². The highest BCUT2D eigenvalue weighted by molar-refractivity contribution is 14.1. The number of hydrogen-bond donors (Lipinski definition) is 0. The molecule has 0 saturated carbocycles. The van der Waals surface area contributed by atoms with Crippen LogP contribution >= 0.6 is 22.6 Å². The SMILES string of the molecule is CN1CCOC([C@@H](Oc2ccc(I)cc2)c2ccccc2)C1. The summed E-state index contributed by atoms with van der Waals surface area (Å²) in [4.78, 5) is 2.29. The summed E-state index contributed by atoms with van der Waals surface area (Å²) in [6.45, 7) is 2.60. The van der Waals surface area contributed by atoms with E-state index in [0.717, 1.165) is 31.0 Å². The highest BCUT2D eigenvalue weighted by atomic mass is 127. The molecule has 2 aromatic carbocycles. The van der Waals surface area contributed by atoms with Gasteiger partial charge in [0.05, 0.1) is 6.61 Å². The molecule has 1 aliphatic rings. The van der Waals surface area contributed by atoms with Crippen LogP contribution in [0.25, 0.3) is 0 Å². The lowest BCUT2D eigenvalue weighted by molar-refractivity contribution is -0.0760. The standard InChI is InChI=1S/C18H20INO2/c1-20-11-12-21-17(13-20)18(14-5-3-2-4-6-14)22-16-9-7-15(19)8-10-16/h2-10,17-18H,11-13H2,1H3/t17?,18-/m0/s1. The fourth-order valence-electron chi connectivity index (χ4n) is 2.66. The van der Waals surface area contributed by atoms with Crippen molar-refractivity contribution in [3.63, 3.8) is 0 Å². The third kappa shape index (κ3) is 4.00. The minimum Gasteiger partial charge on any atom is -0.483 e. The summed E-state index contributed by atoms with van der Waals surface area (Å²) in [5, 5.41) is 0. The first-order valence-electron chi connectivity index (χ1n) is 7.50. The fourth-order valence-corrected chi connectivity index (χ4v) is 3.01. The molecule has 2 atom stereocenters. The molecule has 0 aromatic heterocycles. The maximum atomic E-state index is 6.29. The lowest BCUT2D eigenvalue weighted by Crippen LogP contribution is -2.44. The van der Waals surface area contributed by atoms with E-state index in [1.165, 1.54) is 3.57 Å². The Morgan fingerprint density at radius 3 is 2.55 bits per heavy atom. The van der Waals surface area contributed by atoms with Gasteiger partial charge in [0.1, 0.15) is 11.9 Å². The summed E-state index contributed by atoms with van der Waals surface area (Å²) < 4.78 is 13.5. The van der Waals surface area contributed by atoms with Crippen LogP contribution < -0.4 is 4.74 Å². The number of ether oxygens (including phenoxy) is 2. The lowest BCUT2D eigenvalue weighted by Gasteiger charge is -2.35. The van der Waals surface area contributed by atoms with Crippen molar-refractivity contribution in [2.45, 2.75) is 12.2 Å². The largest absolute Gasteiger partial charge is 0.483 e. The van der Waals surface area contributed by atoms with E-state index in [1.807, 2.05) is 30.3 Å². The van der Waals surface area contributed by atoms with E-state index >= 15 is 0 Å². The van der Waals surface area contributed by atoms with Gasteiger partial charge in [0.15, 0.2) is 6.10 Å². The fraction of sp³-hybridized carbons (Fsp3) is 0.333. The summed E-state index contributed by atoms with van der Waals surface area (Å²) in [5.74, 6) is 0.881. The average molecular weight is 409 g/mol. The second-order valence-electron chi connectivity index (χ2n) is 5.57. The summed E-state index contributed by atoms with van der Waals surface area (Å²) in [6, 6.07) is 18.5. The Hall–Kier alpha value is -1.11. The number of halogens is 1. The smallest absolute Gasteiger partial charge is 0.151 e. The molecule has 1 saturated heterocycles. The Kier molecular flexibility index (Phi) is 5.33. The van der Waals surface area contributed by atoms with Crippen LogP contribution in [0.3, 0.4) is 0 Å². The van der Waals surface area contributed by atoms with Crippen molar-refractivity contribution in [2.75, 3.05) is 26.7 Å². The molecule has 22 heavy (non-hydrogen) atoms. The van der Waals surface area contributed by atoms with Gasteiger partial charge < -0.3 is 14.4 Å². The Morgan fingerprint density at radius 1 is 1.14 bits per heavy atom. The minimum absolute atomic E-state index is 0.0421. The summed E-state index contributed by atoms with van der Waals surface area (Å²) in [7, 11) is 2.13.